The van der Waals surface area contributed by atoms with Crippen molar-refractivity contribution in [3.8, 4) is 17.2 Å². The molecule has 3 nitrogen and oxygen atoms in total. The molecule has 0 atom stereocenters. The third kappa shape index (κ3) is 6.34. The van der Waals surface area contributed by atoms with E-state index in [4.69, 9.17) is 4.74 Å². The summed E-state index contributed by atoms with van der Waals surface area (Å²) in [6.45, 7) is 11.9. The molecule has 0 spiro atoms. The summed E-state index contributed by atoms with van der Waals surface area (Å²) >= 11 is 0. The molecule has 0 aliphatic carbocycles. The van der Waals surface area contributed by atoms with Crippen LogP contribution in [-0.2, 0) is 0 Å². The van der Waals surface area contributed by atoms with Crippen LogP contribution in [0.1, 0.15) is 52.2 Å². The number of aliphatic hydroxyl groups is 1. The molecule has 0 bridgehead atoms. The van der Waals surface area contributed by atoms with Gasteiger partial charge in [0.15, 0.2) is 0 Å². The third-order valence-corrected chi connectivity index (χ3v) is 3.97. The maximum atomic E-state index is 9.76. The quantitative estimate of drug-likeness (QED) is 0.451. The highest BCUT2D eigenvalue weighted by molar-refractivity contribution is 5.85. The van der Waals surface area contributed by atoms with Gasteiger partial charge in [0.05, 0.1) is 5.76 Å². The first kappa shape index (κ1) is 23.1. The van der Waals surface area contributed by atoms with Gasteiger partial charge in [-0.1, -0.05) is 52.8 Å². The molecule has 0 radical (unpaired) electrons. The van der Waals surface area contributed by atoms with Gasteiger partial charge < -0.3 is 14.9 Å². The molecule has 3 heteroatoms. The van der Waals surface area contributed by atoms with Crippen LogP contribution in [0.15, 0.2) is 60.4 Å². The molecule has 2 N–H and O–H groups in total. The Balaban J connectivity index is 0.000000921. The smallest absolute Gasteiger partial charge is 0.128 e. The number of benzene rings is 3. The molecule has 0 aromatic heterocycles. The zero-order valence-electron chi connectivity index (χ0n) is 17.8. The van der Waals surface area contributed by atoms with Crippen LogP contribution in [0.5, 0.6) is 17.2 Å². The van der Waals surface area contributed by atoms with Crippen molar-refractivity contribution in [2.24, 2.45) is 0 Å². The number of hydrogen-bond donors (Lipinski definition) is 2. The molecule has 0 fully saturated rings. The zero-order valence-corrected chi connectivity index (χ0v) is 17.8. The molecule has 0 saturated heterocycles. The van der Waals surface area contributed by atoms with Crippen molar-refractivity contribution in [3.05, 3.63) is 71.5 Å². The van der Waals surface area contributed by atoms with E-state index >= 15 is 0 Å². The average molecular weight is 381 g/mol. The monoisotopic (exact) mass is 380 g/mol. The molecule has 0 unspecified atom stereocenters. The van der Waals surface area contributed by atoms with Gasteiger partial charge in [0.1, 0.15) is 17.2 Å². The summed E-state index contributed by atoms with van der Waals surface area (Å²) in [4.78, 5) is 0. The Bertz CT molecular complexity index is 911. The third-order valence-electron chi connectivity index (χ3n) is 3.97. The fourth-order valence-corrected chi connectivity index (χ4v) is 2.53. The number of allylic oxidation sites excluding steroid dienone is 1. The van der Waals surface area contributed by atoms with E-state index in [2.05, 4.69) is 0 Å². The number of fused-ring (bicyclic) bond motifs is 1. The number of phenols is 1. The summed E-state index contributed by atoms with van der Waals surface area (Å²) in [6, 6.07) is 16.8. The van der Waals surface area contributed by atoms with Crippen LogP contribution in [0.4, 0.5) is 0 Å². The van der Waals surface area contributed by atoms with Gasteiger partial charge in [0.2, 0.25) is 0 Å². The fraction of sp³-hybridized carbons (Fsp3) is 0.280. The number of phenolic OH excluding ortho intramolecular Hbond substituents is 1. The molecule has 3 aromatic rings. The van der Waals surface area contributed by atoms with Gasteiger partial charge in [-0.25, -0.2) is 0 Å². The number of aromatic hydroxyl groups is 1. The summed E-state index contributed by atoms with van der Waals surface area (Å²) in [5.74, 6) is 1.98. The van der Waals surface area contributed by atoms with Crippen molar-refractivity contribution in [2.75, 3.05) is 0 Å². The minimum Gasteiger partial charge on any atom is -0.512 e. The van der Waals surface area contributed by atoms with E-state index < -0.39 is 0 Å². The van der Waals surface area contributed by atoms with Crippen LogP contribution in [0.25, 0.3) is 16.8 Å². The Morgan fingerprint density at radius 2 is 1.46 bits per heavy atom. The normalized spacial score (nSPS) is 10.4. The predicted molar refractivity (Wildman–Crippen MR) is 120 cm³/mol. The van der Waals surface area contributed by atoms with Crippen LogP contribution in [0.2, 0.25) is 0 Å². The Morgan fingerprint density at radius 3 is 2.14 bits per heavy atom. The molecule has 0 heterocycles. The van der Waals surface area contributed by atoms with Gasteiger partial charge in [-0.2, -0.15) is 0 Å². The lowest BCUT2D eigenvalue weighted by atomic mass is 10.1. The van der Waals surface area contributed by atoms with E-state index in [1.165, 1.54) is 0 Å². The topological polar surface area (TPSA) is 49.7 Å². The highest BCUT2D eigenvalue weighted by Crippen LogP contribution is 2.29. The van der Waals surface area contributed by atoms with Gasteiger partial charge >= 0.3 is 0 Å². The van der Waals surface area contributed by atoms with Gasteiger partial charge in [-0.05, 0) is 71.3 Å². The number of rotatable bonds is 4. The summed E-state index contributed by atoms with van der Waals surface area (Å²) in [5, 5.41) is 21.3. The van der Waals surface area contributed by atoms with Gasteiger partial charge in [-0.3, -0.25) is 0 Å². The van der Waals surface area contributed by atoms with E-state index in [1.807, 2.05) is 84.0 Å². The second-order valence-corrected chi connectivity index (χ2v) is 5.80. The lowest BCUT2D eigenvalue weighted by Gasteiger charge is -2.10. The molecule has 3 aromatic carbocycles. The summed E-state index contributed by atoms with van der Waals surface area (Å²) < 4.78 is 5.94. The van der Waals surface area contributed by atoms with Crippen molar-refractivity contribution < 1.29 is 14.9 Å². The Labute approximate surface area is 168 Å². The fourth-order valence-electron chi connectivity index (χ4n) is 2.53. The molecular formula is C25H32O3. The second kappa shape index (κ2) is 11.7. The van der Waals surface area contributed by atoms with Crippen LogP contribution >= 0.6 is 0 Å². The molecule has 0 amide bonds. The second-order valence-electron chi connectivity index (χ2n) is 5.80. The first-order chi connectivity index (χ1) is 13.5. The number of hydrogen-bond acceptors (Lipinski definition) is 3. The molecule has 3 rings (SSSR count). The van der Waals surface area contributed by atoms with Crippen molar-refractivity contribution in [3.63, 3.8) is 0 Å². The first-order valence-corrected chi connectivity index (χ1v) is 9.96. The van der Waals surface area contributed by atoms with Crippen molar-refractivity contribution in [1.82, 2.24) is 0 Å². The van der Waals surface area contributed by atoms with E-state index in [0.717, 1.165) is 21.9 Å². The van der Waals surface area contributed by atoms with Crippen molar-refractivity contribution in [1.29, 1.82) is 0 Å². The summed E-state index contributed by atoms with van der Waals surface area (Å²) in [5.41, 5.74) is 2.01. The standard InChI is InChI=1S/C21H20O3.2C2H6/c1-3-18(22)10-16-12-20(8-4-14(16)2)24-21-9-6-15-5-7-19(23)11-17(15)13-21;2*1-2/h4-13,22-23H,3H2,1-2H3;2*1-2H3/b18-10+;;. The molecular weight excluding hydrogens is 348 g/mol. The highest BCUT2D eigenvalue weighted by Gasteiger charge is 2.04. The van der Waals surface area contributed by atoms with E-state index in [-0.39, 0.29) is 5.75 Å². The molecule has 0 aliphatic heterocycles. The SMILES string of the molecule is CC.CC.CC/C(O)=C\c1cc(Oc2ccc3ccc(O)cc3c2)ccc1C. The lowest BCUT2D eigenvalue weighted by Crippen LogP contribution is -1.88. The van der Waals surface area contributed by atoms with Gasteiger partial charge in [-0.15, -0.1) is 0 Å². The maximum Gasteiger partial charge on any atom is 0.128 e. The predicted octanol–water partition coefficient (Wildman–Crippen LogP) is 8.01. The van der Waals surface area contributed by atoms with Crippen LogP contribution in [0.3, 0.4) is 0 Å². The van der Waals surface area contributed by atoms with Crippen LogP contribution < -0.4 is 4.74 Å². The minimum atomic E-state index is 0.234. The zero-order chi connectivity index (χ0) is 21.1. The molecule has 0 aliphatic rings. The van der Waals surface area contributed by atoms with Crippen molar-refractivity contribution >= 4 is 16.8 Å². The van der Waals surface area contributed by atoms with E-state index in [1.54, 1.807) is 18.2 Å². The minimum absolute atomic E-state index is 0.234. The average Bonchev–Trinajstić information content (AvgIpc) is 2.73. The molecule has 150 valence electrons. The number of aliphatic hydroxyl groups excluding tert-OH is 1. The number of ether oxygens (including phenoxy) is 1. The maximum absolute atomic E-state index is 9.76. The Kier molecular flexibility index (Phi) is 9.66. The largest absolute Gasteiger partial charge is 0.512 e. The molecule has 0 saturated carbocycles. The van der Waals surface area contributed by atoms with Gasteiger partial charge in [0, 0.05) is 6.42 Å². The van der Waals surface area contributed by atoms with E-state index in [0.29, 0.717) is 23.7 Å². The number of aryl methyl sites for hydroxylation is 1. The summed E-state index contributed by atoms with van der Waals surface area (Å²) in [6.07, 6.45) is 2.36. The van der Waals surface area contributed by atoms with Crippen molar-refractivity contribution in [2.45, 2.75) is 48.0 Å². The lowest BCUT2D eigenvalue weighted by molar-refractivity contribution is 0.400. The first-order valence-electron chi connectivity index (χ1n) is 9.96. The Hall–Kier alpha value is -2.94. The highest BCUT2D eigenvalue weighted by atomic mass is 16.5. The van der Waals surface area contributed by atoms with Gasteiger partial charge in [0.25, 0.3) is 0 Å². The van der Waals surface area contributed by atoms with Crippen LogP contribution in [0, 0.1) is 6.92 Å². The van der Waals surface area contributed by atoms with Crippen LogP contribution in [-0.4, -0.2) is 10.2 Å². The molecule has 28 heavy (non-hydrogen) atoms. The summed E-state index contributed by atoms with van der Waals surface area (Å²) in [7, 11) is 0. The van der Waals surface area contributed by atoms with E-state index in [9.17, 15) is 10.2 Å². The Morgan fingerprint density at radius 1 is 0.857 bits per heavy atom.